The van der Waals surface area contributed by atoms with E-state index in [2.05, 4.69) is 16.0 Å². The maximum Gasteiger partial charge on any atom is 0.224 e. The van der Waals surface area contributed by atoms with Crippen LogP contribution in [0.5, 0.6) is 0 Å². The van der Waals surface area contributed by atoms with Gasteiger partial charge in [-0.05, 0) is 78.9 Å². The molecule has 0 aliphatic rings. The van der Waals surface area contributed by atoms with Crippen molar-refractivity contribution < 1.29 is 34.8 Å². The van der Waals surface area contributed by atoms with Crippen molar-refractivity contribution in [2.75, 3.05) is 31.7 Å². The summed E-state index contributed by atoms with van der Waals surface area (Å²) in [4.78, 5) is 36.6. The van der Waals surface area contributed by atoms with Gasteiger partial charge in [-0.15, -0.1) is 0 Å². The summed E-state index contributed by atoms with van der Waals surface area (Å²) in [5.41, 5.74) is 1.64. The van der Waals surface area contributed by atoms with Crippen LogP contribution in [0.25, 0.3) is 0 Å². The minimum absolute atomic E-state index is 0.0962. The van der Waals surface area contributed by atoms with E-state index in [1.54, 1.807) is 0 Å². The first-order valence-electron chi connectivity index (χ1n) is 9.07. The zero-order valence-electron chi connectivity index (χ0n) is 16.5. The Balaban J connectivity index is 3.36. The van der Waals surface area contributed by atoms with E-state index in [1.165, 1.54) is 6.92 Å². The summed E-state index contributed by atoms with van der Waals surface area (Å²) in [7, 11) is 0. The second-order valence-corrected chi connectivity index (χ2v) is 9.80. The topological polar surface area (TPSA) is 168 Å². The van der Waals surface area contributed by atoms with Crippen LogP contribution in [0.4, 0.5) is 5.69 Å². The molecule has 7 N–H and O–H groups in total. The van der Waals surface area contributed by atoms with Gasteiger partial charge in [0.15, 0.2) is 0 Å². The number of hydrogen-bond acceptors (Lipinski definition) is 7. The summed E-state index contributed by atoms with van der Waals surface area (Å²) < 4.78 is 1.92. The lowest BCUT2D eigenvalue weighted by Crippen LogP contribution is -2.41. The van der Waals surface area contributed by atoms with Crippen LogP contribution in [0.15, 0.2) is 0 Å². The molecule has 0 spiro atoms. The van der Waals surface area contributed by atoms with Crippen molar-refractivity contribution in [1.29, 1.82) is 0 Å². The zero-order chi connectivity index (χ0) is 23.7. The van der Waals surface area contributed by atoms with Gasteiger partial charge in [0.1, 0.15) is 0 Å². The Morgan fingerprint density at radius 2 is 1.10 bits per heavy atom. The van der Waals surface area contributed by atoms with E-state index >= 15 is 0 Å². The molecule has 0 aliphatic carbocycles. The first kappa shape index (κ1) is 28.7. The molecule has 0 saturated heterocycles. The lowest BCUT2D eigenvalue weighted by molar-refractivity contribution is -0.122. The van der Waals surface area contributed by atoms with Gasteiger partial charge in [0.25, 0.3) is 0 Å². The Kier molecular flexibility index (Phi) is 13.0. The zero-order valence-corrected chi connectivity index (χ0v) is 23.0. The average molecular weight is 775 g/mol. The van der Waals surface area contributed by atoms with E-state index in [1.807, 2.05) is 67.8 Å². The summed E-state index contributed by atoms with van der Waals surface area (Å²) in [6.45, 7) is -0.306. The molecule has 0 atom stereocenters. The summed E-state index contributed by atoms with van der Waals surface area (Å²) in [5, 5.41) is 44.5. The summed E-state index contributed by atoms with van der Waals surface area (Å²) in [5.74, 6) is -1.19. The minimum Gasteiger partial charge on any atom is -0.394 e. The molecule has 13 heteroatoms. The normalized spacial score (nSPS) is 11.0. The maximum atomic E-state index is 12.5. The monoisotopic (exact) mass is 775 g/mol. The highest BCUT2D eigenvalue weighted by Crippen LogP contribution is 2.36. The third kappa shape index (κ3) is 8.50. The molecular formula is C18H24I3N3O7. The number of nitrogens with one attached hydrogen (secondary N) is 3. The van der Waals surface area contributed by atoms with Crippen LogP contribution in [0.3, 0.4) is 0 Å². The van der Waals surface area contributed by atoms with Crippen molar-refractivity contribution in [3.05, 3.63) is 21.8 Å². The van der Waals surface area contributed by atoms with Gasteiger partial charge in [0.05, 0.1) is 57.0 Å². The first-order valence-corrected chi connectivity index (χ1v) is 12.3. The van der Waals surface area contributed by atoms with Crippen LogP contribution in [0.2, 0.25) is 0 Å². The molecule has 0 aromatic heterocycles. The molecule has 0 unspecified atom stereocenters. The second kappa shape index (κ2) is 14.0. The van der Waals surface area contributed by atoms with Gasteiger partial charge in [0.2, 0.25) is 17.7 Å². The fraction of sp³-hybridized carbons (Fsp3) is 0.500. The molecule has 1 rings (SSSR count). The number of amides is 3. The van der Waals surface area contributed by atoms with Crippen LogP contribution in [0, 0.1) is 10.7 Å². The number of aliphatic hydroxyl groups excluding tert-OH is 4. The number of benzene rings is 1. The summed E-state index contributed by atoms with van der Waals surface area (Å²) in [6.07, 6.45) is -0.192. The third-order valence-electron chi connectivity index (χ3n) is 4.09. The van der Waals surface area contributed by atoms with Crippen molar-refractivity contribution in [3.8, 4) is 0 Å². The molecule has 1 aromatic rings. The van der Waals surface area contributed by atoms with Crippen LogP contribution in [0.1, 0.15) is 18.1 Å². The van der Waals surface area contributed by atoms with Gasteiger partial charge in [-0.25, -0.2) is 0 Å². The standard InChI is InChI=1S/C18H24I3N3O7/c1-8(29)22-18-16(20)11(2-13(30)23-9(4-25)5-26)15(19)12(17(18)21)3-14(31)24-10(6-27)7-28/h9-10,25-28H,2-7H2,1H3,(H,22,29)(H,23,30)(H,24,31). The fourth-order valence-corrected chi connectivity index (χ4v) is 6.74. The van der Waals surface area contributed by atoms with Crippen molar-refractivity contribution in [2.45, 2.75) is 31.8 Å². The Hall–Kier alpha value is -0.340. The van der Waals surface area contributed by atoms with Gasteiger partial charge in [-0.3, -0.25) is 14.4 Å². The lowest BCUT2D eigenvalue weighted by atomic mass is 10.0. The van der Waals surface area contributed by atoms with Crippen LogP contribution < -0.4 is 16.0 Å². The third-order valence-corrected chi connectivity index (χ3v) is 7.77. The van der Waals surface area contributed by atoms with Gasteiger partial charge >= 0.3 is 0 Å². The molecule has 0 heterocycles. The van der Waals surface area contributed by atoms with E-state index in [0.29, 0.717) is 27.5 Å². The molecular weight excluding hydrogens is 751 g/mol. The second-order valence-electron chi connectivity index (χ2n) is 6.57. The molecule has 1 aromatic carbocycles. The first-order chi connectivity index (χ1) is 14.6. The molecule has 0 bridgehead atoms. The summed E-state index contributed by atoms with van der Waals surface area (Å²) >= 11 is 6.08. The average Bonchev–Trinajstić information content (AvgIpc) is 2.73. The number of halogens is 3. The molecule has 31 heavy (non-hydrogen) atoms. The number of hydrogen-bond donors (Lipinski definition) is 7. The Labute approximate surface area is 220 Å². The maximum absolute atomic E-state index is 12.5. The lowest BCUT2D eigenvalue weighted by Gasteiger charge is -2.21. The van der Waals surface area contributed by atoms with Gasteiger partial charge in [-0.2, -0.15) is 0 Å². The Morgan fingerprint density at radius 3 is 1.39 bits per heavy atom. The highest BCUT2D eigenvalue weighted by molar-refractivity contribution is 14.1. The number of carbonyl (C=O) groups is 3. The Bertz CT molecular complexity index is 760. The number of anilines is 1. The van der Waals surface area contributed by atoms with Crippen LogP contribution in [-0.2, 0) is 27.2 Å². The van der Waals surface area contributed by atoms with Gasteiger partial charge in [-0.1, -0.05) is 0 Å². The molecule has 0 radical (unpaired) electrons. The molecule has 0 aliphatic heterocycles. The van der Waals surface area contributed by atoms with E-state index in [9.17, 15) is 34.8 Å². The predicted molar refractivity (Wildman–Crippen MR) is 139 cm³/mol. The van der Waals surface area contributed by atoms with Crippen molar-refractivity contribution >= 4 is 91.2 Å². The predicted octanol–water partition coefficient (Wildman–Crippen LogP) is -0.517. The number of rotatable bonds is 11. The largest absolute Gasteiger partial charge is 0.394 e. The SMILES string of the molecule is CC(=O)Nc1c(I)c(CC(=O)NC(CO)CO)c(I)c(CC(=O)NC(CO)CO)c1I. The smallest absolute Gasteiger partial charge is 0.224 e. The van der Waals surface area contributed by atoms with E-state index in [0.717, 1.165) is 0 Å². The number of carbonyl (C=O) groups excluding carboxylic acids is 3. The van der Waals surface area contributed by atoms with Crippen molar-refractivity contribution in [2.24, 2.45) is 0 Å². The molecule has 10 nitrogen and oxygen atoms in total. The quantitative estimate of drug-likeness (QED) is 0.149. The van der Waals surface area contributed by atoms with E-state index in [-0.39, 0.29) is 18.7 Å². The Morgan fingerprint density at radius 1 is 0.742 bits per heavy atom. The fourth-order valence-electron chi connectivity index (χ4n) is 2.55. The van der Waals surface area contributed by atoms with E-state index in [4.69, 9.17) is 0 Å². The molecule has 3 amide bonds. The minimum atomic E-state index is -0.791. The van der Waals surface area contributed by atoms with E-state index < -0.39 is 50.3 Å². The van der Waals surface area contributed by atoms with Crippen molar-refractivity contribution in [3.63, 3.8) is 0 Å². The van der Waals surface area contributed by atoms with Gasteiger partial charge in [0, 0.05) is 17.6 Å². The molecule has 0 saturated carbocycles. The summed E-state index contributed by atoms with van der Waals surface area (Å²) in [6, 6.07) is -1.58. The highest BCUT2D eigenvalue weighted by Gasteiger charge is 2.25. The number of aliphatic hydroxyl groups is 4. The molecule has 174 valence electrons. The van der Waals surface area contributed by atoms with Crippen LogP contribution >= 0.6 is 67.8 Å². The van der Waals surface area contributed by atoms with Gasteiger partial charge < -0.3 is 36.4 Å². The molecule has 0 fully saturated rings. The van der Waals surface area contributed by atoms with Crippen molar-refractivity contribution in [1.82, 2.24) is 10.6 Å². The highest BCUT2D eigenvalue weighted by atomic mass is 127. The van der Waals surface area contributed by atoms with Crippen LogP contribution in [-0.4, -0.2) is 76.7 Å².